The summed E-state index contributed by atoms with van der Waals surface area (Å²) in [5.74, 6) is 0.695. The van der Waals surface area contributed by atoms with Crippen LogP contribution in [0.4, 0.5) is 0 Å². The lowest BCUT2D eigenvalue weighted by atomic mass is 9.96. The van der Waals surface area contributed by atoms with Crippen molar-refractivity contribution in [2.45, 2.75) is 52.3 Å². The van der Waals surface area contributed by atoms with Gasteiger partial charge in [0.05, 0.1) is 0 Å². The summed E-state index contributed by atoms with van der Waals surface area (Å²) in [5.41, 5.74) is 4.28. The number of hydrogen-bond acceptors (Lipinski definition) is 0. The van der Waals surface area contributed by atoms with Crippen molar-refractivity contribution in [1.82, 2.24) is 0 Å². The first kappa shape index (κ1) is 13.6. The van der Waals surface area contributed by atoms with Gasteiger partial charge in [0.2, 0.25) is 0 Å². The number of halogens is 1. The van der Waals surface area contributed by atoms with Crippen LogP contribution in [0.1, 0.15) is 43.4 Å². The fraction of sp³-hybridized carbons (Fsp3) is 0.600. The first-order valence-corrected chi connectivity index (χ1v) is 6.63. The summed E-state index contributed by atoms with van der Waals surface area (Å²) in [6, 6.07) is 6.50. The van der Waals surface area contributed by atoms with Crippen LogP contribution in [-0.2, 0) is 6.42 Å². The molecule has 0 spiro atoms. The Labute approximate surface area is 105 Å². The maximum absolute atomic E-state index is 6.33. The quantitative estimate of drug-likeness (QED) is 0.641. The van der Waals surface area contributed by atoms with E-state index in [0.29, 0.717) is 11.3 Å². The average molecular weight is 239 g/mol. The van der Waals surface area contributed by atoms with E-state index in [0.717, 1.165) is 19.3 Å². The molecule has 0 radical (unpaired) electrons. The molecule has 0 aliphatic carbocycles. The van der Waals surface area contributed by atoms with E-state index in [2.05, 4.69) is 45.9 Å². The first-order valence-electron chi connectivity index (χ1n) is 6.20. The van der Waals surface area contributed by atoms with Crippen LogP contribution in [0.25, 0.3) is 0 Å². The third kappa shape index (κ3) is 4.17. The number of aryl methyl sites for hydroxylation is 2. The molecule has 0 bridgehead atoms. The monoisotopic (exact) mass is 238 g/mol. The van der Waals surface area contributed by atoms with Crippen molar-refractivity contribution < 1.29 is 0 Å². The molecule has 1 atom stereocenters. The molecule has 1 aromatic rings. The summed E-state index contributed by atoms with van der Waals surface area (Å²) >= 11 is 6.33. The zero-order valence-electron chi connectivity index (χ0n) is 10.9. The van der Waals surface area contributed by atoms with Crippen LogP contribution in [0.15, 0.2) is 18.2 Å². The molecule has 16 heavy (non-hydrogen) atoms. The molecule has 1 heteroatoms. The van der Waals surface area contributed by atoms with Gasteiger partial charge in [-0.25, -0.2) is 0 Å². The fourth-order valence-electron chi connectivity index (χ4n) is 2.17. The highest BCUT2D eigenvalue weighted by Gasteiger charge is 2.09. The van der Waals surface area contributed by atoms with Gasteiger partial charge in [-0.1, -0.05) is 32.0 Å². The number of hydrogen-bond donors (Lipinski definition) is 0. The van der Waals surface area contributed by atoms with Crippen LogP contribution in [-0.4, -0.2) is 5.38 Å². The van der Waals surface area contributed by atoms with Gasteiger partial charge in [0.1, 0.15) is 0 Å². The predicted octanol–water partition coefficient (Wildman–Crippen LogP) is 4.89. The van der Waals surface area contributed by atoms with E-state index in [-0.39, 0.29) is 0 Å². The molecule has 0 heterocycles. The van der Waals surface area contributed by atoms with Crippen LogP contribution in [0, 0.1) is 19.8 Å². The zero-order chi connectivity index (χ0) is 12.1. The van der Waals surface area contributed by atoms with Crippen LogP contribution in [0.2, 0.25) is 0 Å². The van der Waals surface area contributed by atoms with Gasteiger partial charge in [-0.05, 0) is 55.7 Å². The summed E-state index contributed by atoms with van der Waals surface area (Å²) in [6.07, 6.45) is 3.32. The molecule has 0 N–H and O–H groups in total. The summed E-state index contributed by atoms with van der Waals surface area (Å²) in [4.78, 5) is 0. The smallest absolute Gasteiger partial charge is 0.0341 e. The standard InChI is InChI=1S/C15H23Cl/c1-11(2)10-14(16)8-9-15-12(3)6-5-7-13(15)4/h5-7,11,14H,8-10H2,1-4H3. The van der Waals surface area contributed by atoms with Crippen molar-refractivity contribution in [2.24, 2.45) is 5.92 Å². The van der Waals surface area contributed by atoms with Crippen LogP contribution in [0.5, 0.6) is 0 Å². The van der Waals surface area contributed by atoms with E-state index in [1.54, 1.807) is 0 Å². The molecule has 0 fully saturated rings. The third-order valence-corrected chi connectivity index (χ3v) is 3.48. The fourth-order valence-corrected chi connectivity index (χ4v) is 2.64. The molecule has 1 rings (SSSR count). The highest BCUT2D eigenvalue weighted by Crippen LogP contribution is 2.20. The molecule has 0 nitrogen and oxygen atoms in total. The van der Waals surface area contributed by atoms with Crippen molar-refractivity contribution in [3.63, 3.8) is 0 Å². The molecule has 0 aliphatic rings. The Morgan fingerprint density at radius 3 is 2.19 bits per heavy atom. The third-order valence-electron chi connectivity index (χ3n) is 3.08. The van der Waals surface area contributed by atoms with Crippen LogP contribution < -0.4 is 0 Å². The second kappa shape index (κ2) is 6.30. The Bertz CT molecular complexity index is 308. The highest BCUT2D eigenvalue weighted by atomic mass is 35.5. The summed E-state index contributed by atoms with van der Waals surface area (Å²) < 4.78 is 0. The molecular formula is C15H23Cl. The largest absolute Gasteiger partial charge is 0.123 e. The first-order chi connectivity index (χ1) is 7.50. The van der Waals surface area contributed by atoms with E-state index in [9.17, 15) is 0 Å². The molecule has 0 saturated heterocycles. The maximum atomic E-state index is 6.33. The minimum atomic E-state index is 0.319. The molecule has 90 valence electrons. The highest BCUT2D eigenvalue weighted by molar-refractivity contribution is 6.20. The summed E-state index contributed by atoms with van der Waals surface area (Å²) in [7, 11) is 0. The van der Waals surface area contributed by atoms with E-state index in [4.69, 9.17) is 11.6 Å². The van der Waals surface area contributed by atoms with E-state index in [1.165, 1.54) is 16.7 Å². The Balaban J connectivity index is 2.54. The van der Waals surface area contributed by atoms with Gasteiger partial charge in [0, 0.05) is 5.38 Å². The molecule has 1 unspecified atom stereocenters. The zero-order valence-corrected chi connectivity index (χ0v) is 11.6. The predicted molar refractivity (Wildman–Crippen MR) is 73.3 cm³/mol. The number of benzene rings is 1. The summed E-state index contributed by atoms with van der Waals surface area (Å²) in [6.45, 7) is 8.84. The van der Waals surface area contributed by atoms with Gasteiger partial charge < -0.3 is 0 Å². The van der Waals surface area contributed by atoms with Crippen molar-refractivity contribution in [2.75, 3.05) is 0 Å². The van der Waals surface area contributed by atoms with Gasteiger partial charge in [-0.15, -0.1) is 11.6 Å². The second-order valence-electron chi connectivity index (χ2n) is 5.14. The van der Waals surface area contributed by atoms with Gasteiger partial charge in [-0.3, -0.25) is 0 Å². The van der Waals surface area contributed by atoms with E-state index in [1.807, 2.05) is 0 Å². The summed E-state index contributed by atoms with van der Waals surface area (Å²) in [5, 5.41) is 0.319. The number of rotatable bonds is 5. The SMILES string of the molecule is Cc1cccc(C)c1CCC(Cl)CC(C)C. The Hall–Kier alpha value is -0.490. The molecular weight excluding hydrogens is 216 g/mol. The number of alkyl halides is 1. The van der Waals surface area contributed by atoms with Crippen LogP contribution in [0.3, 0.4) is 0 Å². The Kier molecular flexibility index (Phi) is 5.34. The molecule has 0 saturated carbocycles. The van der Waals surface area contributed by atoms with Gasteiger partial charge >= 0.3 is 0 Å². The van der Waals surface area contributed by atoms with Gasteiger partial charge in [0.15, 0.2) is 0 Å². The van der Waals surface area contributed by atoms with Crippen molar-refractivity contribution >= 4 is 11.6 Å². The van der Waals surface area contributed by atoms with E-state index < -0.39 is 0 Å². The van der Waals surface area contributed by atoms with Crippen molar-refractivity contribution in [1.29, 1.82) is 0 Å². The lowest BCUT2D eigenvalue weighted by molar-refractivity contribution is 0.544. The minimum Gasteiger partial charge on any atom is -0.123 e. The molecule has 0 amide bonds. The maximum Gasteiger partial charge on any atom is 0.0341 e. The topological polar surface area (TPSA) is 0 Å². The molecule has 1 aromatic carbocycles. The van der Waals surface area contributed by atoms with E-state index >= 15 is 0 Å². The minimum absolute atomic E-state index is 0.319. The molecule has 0 aliphatic heterocycles. The normalized spacial score (nSPS) is 13.1. The average Bonchev–Trinajstić information content (AvgIpc) is 2.15. The lowest BCUT2D eigenvalue weighted by Gasteiger charge is -2.14. The van der Waals surface area contributed by atoms with Crippen molar-refractivity contribution in [3.05, 3.63) is 34.9 Å². The Morgan fingerprint density at radius 1 is 1.12 bits per heavy atom. The lowest BCUT2D eigenvalue weighted by Crippen LogP contribution is -2.06. The van der Waals surface area contributed by atoms with Gasteiger partial charge in [0.25, 0.3) is 0 Å². The second-order valence-corrected chi connectivity index (χ2v) is 5.75. The van der Waals surface area contributed by atoms with Crippen molar-refractivity contribution in [3.8, 4) is 0 Å². The Morgan fingerprint density at radius 2 is 1.69 bits per heavy atom. The van der Waals surface area contributed by atoms with Gasteiger partial charge in [-0.2, -0.15) is 0 Å². The van der Waals surface area contributed by atoms with Crippen LogP contribution >= 0.6 is 11.6 Å². The molecule has 0 aromatic heterocycles.